The smallest absolute Gasteiger partial charge is 0.128 e. The molecule has 1 aromatic heterocycles. The molecule has 0 amide bonds. The molecule has 3 rings (SSSR count). The maximum atomic E-state index is 14.3. The number of pyridine rings is 1. The van der Waals surface area contributed by atoms with Crippen molar-refractivity contribution in [3.63, 3.8) is 0 Å². The van der Waals surface area contributed by atoms with Crippen LogP contribution in [0.1, 0.15) is 22.7 Å². The number of aromatic nitrogens is 1. The fourth-order valence-electron chi connectivity index (χ4n) is 2.60. The van der Waals surface area contributed by atoms with Crippen molar-refractivity contribution >= 4 is 10.8 Å². The molecule has 2 aromatic carbocycles. The van der Waals surface area contributed by atoms with Crippen LogP contribution in [0.4, 0.5) is 4.39 Å². The van der Waals surface area contributed by atoms with Crippen molar-refractivity contribution in [1.29, 1.82) is 0 Å². The van der Waals surface area contributed by atoms with E-state index in [4.69, 9.17) is 5.84 Å². The van der Waals surface area contributed by atoms with E-state index in [1.165, 1.54) is 6.07 Å². The third-order valence-corrected chi connectivity index (χ3v) is 3.66. The number of hydrogen-bond acceptors (Lipinski definition) is 3. The summed E-state index contributed by atoms with van der Waals surface area (Å²) in [4.78, 5) is 4.16. The molecule has 1 unspecified atom stereocenters. The van der Waals surface area contributed by atoms with Crippen LogP contribution < -0.4 is 11.3 Å². The van der Waals surface area contributed by atoms with E-state index in [9.17, 15) is 4.39 Å². The van der Waals surface area contributed by atoms with E-state index in [0.29, 0.717) is 5.56 Å². The molecule has 3 aromatic rings. The number of hydrazine groups is 1. The third kappa shape index (κ3) is 2.51. The second-order valence-corrected chi connectivity index (χ2v) is 5.07. The minimum atomic E-state index is -0.418. The minimum absolute atomic E-state index is 0.265. The first-order valence-electron chi connectivity index (χ1n) is 6.75. The zero-order chi connectivity index (χ0) is 14.8. The van der Waals surface area contributed by atoms with Crippen LogP contribution in [0.3, 0.4) is 0 Å². The highest BCUT2D eigenvalue weighted by atomic mass is 19.1. The standard InChI is InChI=1S/C17H16FN3/c1-11-5-6-14(16(18)9-11)17(21-19)13-4-2-3-12-7-8-20-10-15(12)13/h2-10,17,21H,19H2,1H3. The fraction of sp³-hybridized carbons (Fsp3) is 0.118. The van der Waals surface area contributed by atoms with E-state index in [0.717, 1.165) is 21.9 Å². The van der Waals surface area contributed by atoms with Crippen LogP contribution in [-0.4, -0.2) is 4.98 Å². The van der Waals surface area contributed by atoms with Crippen LogP contribution in [0, 0.1) is 12.7 Å². The van der Waals surface area contributed by atoms with Gasteiger partial charge in [0, 0.05) is 23.3 Å². The minimum Gasteiger partial charge on any atom is -0.271 e. The first-order chi connectivity index (χ1) is 10.2. The van der Waals surface area contributed by atoms with E-state index in [2.05, 4.69) is 10.4 Å². The number of nitrogens with two attached hydrogens (primary N) is 1. The highest BCUT2D eigenvalue weighted by Crippen LogP contribution is 2.29. The van der Waals surface area contributed by atoms with Gasteiger partial charge in [0.05, 0.1) is 6.04 Å². The fourth-order valence-corrected chi connectivity index (χ4v) is 2.60. The zero-order valence-electron chi connectivity index (χ0n) is 11.7. The van der Waals surface area contributed by atoms with Crippen LogP contribution in [0.25, 0.3) is 10.8 Å². The van der Waals surface area contributed by atoms with Gasteiger partial charge in [-0.2, -0.15) is 0 Å². The average Bonchev–Trinajstić information content (AvgIpc) is 2.50. The number of nitrogens with zero attached hydrogens (tertiary/aromatic N) is 1. The van der Waals surface area contributed by atoms with Gasteiger partial charge in [0.2, 0.25) is 0 Å². The van der Waals surface area contributed by atoms with Crippen LogP contribution >= 0.6 is 0 Å². The quantitative estimate of drug-likeness (QED) is 0.572. The maximum Gasteiger partial charge on any atom is 0.128 e. The first-order valence-corrected chi connectivity index (χ1v) is 6.75. The van der Waals surface area contributed by atoms with Crippen molar-refractivity contribution in [2.45, 2.75) is 13.0 Å². The monoisotopic (exact) mass is 281 g/mol. The average molecular weight is 281 g/mol. The summed E-state index contributed by atoms with van der Waals surface area (Å²) in [5.74, 6) is 5.43. The normalized spacial score (nSPS) is 12.5. The van der Waals surface area contributed by atoms with Gasteiger partial charge in [-0.3, -0.25) is 10.8 Å². The number of hydrogen-bond donors (Lipinski definition) is 2. The molecule has 4 heteroatoms. The van der Waals surface area contributed by atoms with Gasteiger partial charge in [-0.05, 0) is 35.6 Å². The number of benzene rings is 2. The highest BCUT2D eigenvalue weighted by molar-refractivity contribution is 5.85. The molecule has 0 bridgehead atoms. The van der Waals surface area contributed by atoms with E-state index in [1.54, 1.807) is 18.5 Å². The lowest BCUT2D eigenvalue weighted by Crippen LogP contribution is -2.29. The molecule has 0 saturated heterocycles. The summed E-state index contributed by atoms with van der Waals surface area (Å²) < 4.78 is 14.3. The molecule has 0 spiro atoms. The van der Waals surface area contributed by atoms with Gasteiger partial charge in [-0.25, -0.2) is 9.82 Å². The van der Waals surface area contributed by atoms with E-state index in [1.807, 2.05) is 37.3 Å². The van der Waals surface area contributed by atoms with Gasteiger partial charge in [0.15, 0.2) is 0 Å². The predicted molar refractivity (Wildman–Crippen MR) is 82.0 cm³/mol. The Morgan fingerprint density at radius 1 is 1.14 bits per heavy atom. The lowest BCUT2D eigenvalue weighted by molar-refractivity contribution is 0.561. The highest BCUT2D eigenvalue weighted by Gasteiger charge is 2.18. The molecule has 3 N–H and O–H groups in total. The van der Waals surface area contributed by atoms with Crippen LogP contribution in [0.15, 0.2) is 54.9 Å². The molecule has 0 saturated carbocycles. The van der Waals surface area contributed by atoms with Crippen molar-refractivity contribution in [2.24, 2.45) is 5.84 Å². The van der Waals surface area contributed by atoms with Gasteiger partial charge < -0.3 is 0 Å². The third-order valence-electron chi connectivity index (χ3n) is 3.66. The number of fused-ring (bicyclic) bond motifs is 1. The Labute approximate surface area is 122 Å². The Kier molecular flexibility index (Phi) is 3.64. The Hall–Kier alpha value is -2.30. The van der Waals surface area contributed by atoms with Gasteiger partial charge >= 0.3 is 0 Å². The Balaban J connectivity index is 2.18. The lowest BCUT2D eigenvalue weighted by atomic mass is 9.94. The summed E-state index contributed by atoms with van der Waals surface area (Å²) >= 11 is 0. The maximum absolute atomic E-state index is 14.3. The number of aryl methyl sites for hydroxylation is 1. The summed E-state index contributed by atoms with van der Waals surface area (Å²) in [6.45, 7) is 1.86. The molecule has 0 fully saturated rings. The Morgan fingerprint density at radius 3 is 2.76 bits per heavy atom. The molecular weight excluding hydrogens is 265 g/mol. The first kappa shape index (κ1) is 13.7. The summed E-state index contributed by atoms with van der Waals surface area (Å²) in [5.41, 5.74) is 5.04. The lowest BCUT2D eigenvalue weighted by Gasteiger charge is -2.19. The van der Waals surface area contributed by atoms with Crippen molar-refractivity contribution < 1.29 is 4.39 Å². The molecule has 3 nitrogen and oxygen atoms in total. The number of halogens is 1. The largest absolute Gasteiger partial charge is 0.271 e. The molecule has 1 atom stereocenters. The Morgan fingerprint density at radius 2 is 2.00 bits per heavy atom. The second-order valence-electron chi connectivity index (χ2n) is 5.07. The summed E-state index contributed by atoms with van der Waals surface area (Å²) in [6.07, 6.45) is 3.52. The van der Waals surface area contributed by atoms with Crippen LogP contribution in [0.2, 0.25) is 0 Å². The molecule has 1 heterocycles. The Bertz CT molecular complexity index is 781. The molecule has 0 aliphatic heterocycles. The van der Waals surface area contributed by atoms with Crippen molar-refractivity contribution in [3.8, 4) is 0 Å². The molecule has 21 heavy (non-hydrogen) atoms. The predicted octanol–water partition coefficient (Wildman–Crippen LogP) is 3.24. The summed E-state index contributed by atoms with van der Waals surface area (Å²) in [6, 6.07) is 12.6. The topological polar surface area (TPSA) is 50.9 Å². The van der Waals surface area contributed by atoms with Gasteiger partial charge in [-0.15, -0.1) is 0 Å². The van der Waals surface area contributed by atoms with Crippen LogP contribution in [0.5, 0.6) is 0 Å². The molecule has 106 valence electrons. The van der Waals surface area contributed by atoms with E-state index < -0.39 is 6.04 Å². The van der Waals surface area contributed by atoms with Gasteiger partial charge in [0.1, 0.15) is 5.82 Å². The summed E-state index contributed by atoms with van der Waals surface area (Å²) in [5, 5.41) is 2.01. The second kappa shape index (κ2) is 5.60. The van der Waals surface area contributed by atoms with Gasteiger partial charge in [-0.1, -0.05) is 30.3 Å². The SMILES string of the molecule is Cc1ccc(C(NN)c2cccc3ccncc23)c(F)c1. The van der Waals surface area contributed by atoms with E-state index >= 15 is 0 Å². The zero-order valence-corrected chi connectivity index (χ0v) is 11.7. The number of nitrogens with one attached hydrogen (secondary N) is 1. The molecule has 0 radical (unpaired) electrons. The molecule has 0 aliphatic carbocycles. The van der Waals surface area contributed by atoms with Crippen molar-refractivity contribution in [2.75, 3.05) is 0 Å². The molecular formula is C17H16FN3. The van der Waals surface area contributed by atoms with E-state index in [-0.39, 0.29) is 5.82 Å². The van der Waals surface area contributed by atoms with Gasteiger partial charge in [0.25, 0.3) is 0 Å². The van der Waals surface area contributed by atoms with Crippen molar-refractivity contribution in [1.82, 2.24) is 10.4 Å². The summed E-state index contributed by atoms with van der Waals surface area (Å²) in [7, 11) is 0. The van der Waals surface area contributed by atoms with Crippen LogP contribution in [-0.2, 0) is 0 Å². The van der Waals surface area contributed by atoms with Crippen molar-refractivity contribution in [3.05, 3.63) is 77.4 Å². The molecule has 0 aliphatic rings. The number of rotatable bonds is 3.